The van der Waals surface area contributed by atoms with E-state index in [0.29, 0.717) is 17.1 Å². The molecule has 0 aliphatic heterocycles. The summed E-state index contributed by atoms with van der Waals surface area (Å²) >= 11 is 0. The summed E-state index contributed by atoms with van der Waals surface area (Å²) in [5.74, 6) is 0.631. The number of carbonyl (C=O) groups is 2. The number of carbonyl (C=O) groups excluding carboxylic acids is 2. The lowest BCUT2D eigenvalue weighted by Crippen LogP contribution is -2.37. The molecule has 21 heavy (non-hydrogen) atoms. The lowest BCUT2D eigenvalue weighted by Gasteiger charge is -2.16. The maximum absolute atomic E-state index is 11.8. The van der Waals surface area contributed by atoms with E-state index < -0.39 is 0 Å². The van der Waals surface area contributed by atoms with E-state index >= 15 is 0 Å². The van der Waals surface area contributed by atoms with Crippen molar-refractivity contribution in [2.75, 3.05) is 13.7 Å². The molecule has 0 unspecified atom stereocenters. The van der Waals surface area contributed by atoms with E-state index in [1.165, 1.54) is 14.0 Å². The van der Waals surface area contributed by atoms with E-state index in [9.17, 15) is 9.59 Å². The first-order valence-electron chi connectivity index (χ1n) is 7.12. The predicted molar refractivity (Wildman–Crippen MR) is 81.0 cm³/mol. The van der Waals surface area contributed by atoms with Crippen LogP contribution in [0.25, 0.3) is 0 Å². The molecule has 1 amide bonds. The molecule has 0 atom stereocenters. The highest BCUT2D eigenvalue weighted by Gasteiger charge is 2.13. The first kappa shape index (κ1) is 17.0. The fourth-order valence-corrected chi connectivity index (χ4v) is 1.95. The van der Waals surface area contributed by atoms with Crippen molar-refractivity contribution in [1.29, 1.82) is 0 Å². The van der Waals surface area contributed by atoms with Crippen LogP contribution in [-0.4, -0.2) is 31.4 Å². The molecular weight excluding hydrogens is 270 g/mol. The Morgan fingerprint density at radius 1 is 1.24 bits per heavy atom. The SMILES string of the molecule is CCC(CC)NC(=O)COc1cc(OC)ccc1C(C)=O. The normalized spacial score (nSPS) is 10.3. The number of methoxy groups -OCH3 is 1. The minimum atomic E-state index is -0.193. The molecule has 0 aromatic heterocycles. The second-order valence-corrected chi connectivity index (χ2v) is 4.79. The lowest BCUT2D eigenvalue weighted by atomic mass is 10.1. The Balaban J connectivity index is 2.73. The zero-order valence-electron chi connectivity index (χ0n) is 13.1. The van der Waals surface area contributed by atoms with Crippen molar-refractivity contribution in [2.45, 2.75) is 39.7 Å². The zero-order chi connectivity index (χ0) is 15.8. The molecular formula is C16H23NO4. The van der Waals surface area contributed by atoms with Gasteiger partial charge in [0.25, 0.3) is 5.91 Å². The average molecular weight is 293 g/mol. The third-order valence-electron chi connectivity index (χ3n) is 3.28. The average Bonchev–Trinajstić information content (AvgIpc) is 2.49. The van der Waals surface area contributed by atoms with Gasteiger partial charge in [-0.3, -0.25) is 9.59 Å². The van der Waals surface area contributed by atoms with Crippen molar-refractivity contribution in [3.63, 3.8) is 0 Å². The quantitative estimate of drug-likeness (QED) is 0.748. The molecule has 0 saturated heterocycles. The topological polar surface area (TPSA) is 64.6 Å². The first-order valence-corrected chi connectivity index (χ1v) is 7.12. The van der Waals surface area contributed by atoms with Crippen molar-refractivity contribution in [1.82, 2.24) is 5.32 Å². The number of rotatable bonds is 8. The number of hydrogen-bond acceptors (Lipinski definition) is 4. The van der Waals surface area contributed by atoms with Gasteiger partial charge >= 0.3 is 0 Å². The number of ether oxygens (including phenoxy) is 2. The summed E-state index contributed by atoms with van der Waals surface area (Å²) in [5.41, 5.74) is 0.436. The molecule has 1 rings (SSSR count). The van der Waals surface area contributed by atoms with Gasteiger partial charge in [-0.05, 0) is 31.9 Å². The second-order valence-electron chi connectivity index (χ2n) is 4.79. The smallest absolute Gasteiger partial charge is 0.258 e. The van der Waals surface area contributed by atoms with Crippen molar-refractivity contribution >= 4 is 11.7 Å². The summed E-state index contributed by atoms with van der Waals surface area (Å²) in [7, 11) is 1.53. The molecule has 0 radical (unpaired) electrons. The van der Waals surface area contributed by atoms with Crippen LogP contribution in [0.5, 0.6) is 11.5 Å². The van der Waals surface area contributed by atoms with Gasteiger partial charge in [0.15, 0.2) is 12.4 Å². The zero-order valence-corrected chi connectivity index (χ0v) is 13.1. The van der Waals surface area contributed by atoms with Crippen LogP contribution in [0.4, 0.5) is 0 Å². The van der Waals surface area contributed by atoms with E-state index in [2.05, 4.69) is 5.32 Å². The molecule has 0 aliphatic rings. The standard InChI is InChI=1S/C16H23NO4/c1-5-12(6-2)17-16(19)10-21-15-9-13(20-4)7-8-14(15)11(3)18/h7-9,12H,5-6,10H2,1-4H3,(H,17,19). The molecule has 0 saturated carbocycles. The Morgan fingerprint density at radius 3 is 2.43 bits per heavy atom. The van der Waals surface area contributed by atoms with Gasteiger partial charge in [-0.15, -0.1) is 0 Å². The Kier molecular flexibility index (Phi) is 6.72. The monoisotopic (exact) mass is 293 g/mol. The summed E-state index contributed by atoms with van der Waals surface area (Å²) in [4.78, 5) is 23.4. The molecule has 0 fully saturated rings. The Morgan fingerprint density at radius 2 is 1.90 bits per heavy atom. The van der Waals surface area contributed by atoms with Gasteiger partial charge < -0.3 is 14.8 Å². The Labute approximate surface area is 125 Å². The van der Waals surface area contributed by atoms with Crippen LogP contribution in [0.1, 0.15) is 44.0 Å². The van der Waals surface area contributed by atoms with Gasteiger partial charge in [-0.1, -0.05) is 13.8 Å². The van der Waals surface area contributed by atoms with Crippen LogP contribution in [0.15, 0.2) is 18.2 Å². The van der Waals surface area contributed by atoms with Gasteiger partial charge in [0.1, 0.15) is 11.5 Å². The highest BCUT2D eigenvalue weighted by atomic mass is 16.5. The molecule has 0 spiro atoms. The van der Waals surface area contributed by atoms with Crippen molar-refractivity contribution in [3.05, 3.63) is 23.8 Å². The fourth-order valence-electron chi connectivity index (χ4n) is 1.95. The number of amides is 1. The predicted octanol–water partition coefficient (Wildman–Crippen LogP) is 2.58. The Hall–Kier alpha value is -2.04. The summed E-state index contributed by atoms with van der Waals surface area (Å²) < 4.78 is 10.6. The van der Waals surface area contributed by atoms with Crippen LogP contribution < -0.4 is 14.8 Å². The van der Waals surface area contributed by atoms with Crippen molar-refractivity contribution in [3.8, 4) is 11.5 Å². The minimum absolute atomic E-state index is 0.118. The van der Waals surface area contributed by atoms with Gasteiger partial charge in [0.2, 0.25) is 0 Å². The van der Waals surface area contributed by atoms with Crippen LogP contribution in [-0.2, 0) is 4.79 Å². The van der Waals surface area contributed by atoms with Gasteiger partial charge in [0, 0.05) is 12.1 Å². The summed E-state index contributed by atoms with van der Waals surface area (Å²) in [6.45, 7) is 5.37. The molecule has 1 N–H and O–H groups in total. The fraction of sp³-hybridized carbons (Fsp3) is 0.500. The number of hydrogen-bond donors (Lipinski definition) is 1. The van der Waals surface area contributed by atoms with Gasteiger partial charge in [-0.2, -0.15) is 0 Å². The maximum Gasteiger partial charge on any atom is 0.258 e. The van der Waals surface area contributed by atoms with Crippen LogP contribution in [0, 0.1) is 0 Å². The largest absolute Gasteiger partial charge is 0.497 e. The number of ketones is 1. The molecule has 0 heterocycles. The summed E-state index contributed by atoms with van der Waals surface area (Å²) in [5, 5.41) is 2.88. The molecule has 5 heteroatoms. The molecule has 0 bridgehead atoms. The third-order valence-corrected chi connectivity index (χ3v) is 3.28. The highest BCUT2D eigenvalue weighted by Crippen LogP contribution is 2.25. The number of nitrogens with one attached hydrogen (secondary N) is 1. The third kappa shape index (κ3) is 5.10. The molecule has 1 aromatic rings. The molecule has 0 aliphatic carbocycles. The van der Waals surface area contributed by atoms with E-state index in [1.54, 1.807) is 18.2 Å². The molecule has 5 nitrogen and oxygen atoms in total. The van der Waals surface area contributed by atoms with Crippen LogP contribution in [0.3, 0.4) is 0 Å². The molecule has 1 aromatic carbocycles. The lowest BCUT2D eigenvalue weighted by molar-refractivity contribution is -0.123. The van der Waals surface area contributed by atoms with E-state index in [0.717, 1.165) is 12.8 Å². The van der Waals surface area contributed by atoms with E-state index in [1.807, 2.05) is 13.8 Å². The van der Waals surface area contributed by atoms with E-state index in [4.69, 9.17) is 9.47 Å². The van der Waals surface area contributed by atoms with E-state index in [-0.39, 0.29) is 24.3 Å². The van der Waals surface area contributed by atoms with Crippen LogP contribution >= 0.6 is 0 Å². The van der Waals surface area contributed by atoms with Crippen molar-refractivity contribution < 1.29 is 19.1 Å². The van der Waals surface area contributed by atoms with Crippen molar-refractivity contribution in [2.24, 2.45) is 0 Å². The minimum Gasteiger partial charge on any atom is -0.497 e. The maximum atomic E-state index is 11.8. The summed E-state index contributed by atoms with van der Waals surface area (Å²) in [6.07, 6.45) is 1.75. The number of Topliss-reactive ketones (excluding diaryl/α,β-unsaturated/α-hetero) is 1. The molecule has 116 valence electrons. The van der Waals surface area contributed by atoms with Gasteiger partial charge in [-0.25, -0.2) is 0 Å². The summed E-state index contributed by atoms with van der Waals surface area (Å²) in [6, 6.07) is 5.09. The second kappa shape index (κ2) is 8.29. The van der Waals surface area contributed by atoms with Crippen LogP contribution in [0.2, 0.25) is 0 Å². The highest BCUT2D eigenvalue weighted by molar-refractivity contribution is 5.97. The number of benzene rings is 1. The van der Waals surface area contributed by atoms with Gasteiger partial charge in [0.05, 0.1) is 12.7 Å². The first-order chi connectivity index (χ1) is 10.0. The Bertz CT molecular complexity index is 495.